The van der Waals surface area contributed by atoms with Gasteiger partial charge in [0, 0.05) is 11.8 Å². The number of anilines is 1. The van der Waals surface area contributed by atoms with Gasteiger partial charge in [0.05, 0.1) is 4.92 Å². The molecule has 18 heavy (non-hydrogen) atoms. The van der Waals surface area contributed by atoms with Crippen molar-refractivity contribution in [2.45, 2.75) is 0 Å². The molecule has 0 aliphatic rings. The Balaban J connectivity index is 2.22. The van der Waals surface area contributed by atoms with E-state index in [4.69, 9.17) is 0 Å². The van der Waals surface area contributed by atoms with E-state index in [1.54, 1.807) is 6.07 Å². The van der Waals surface area contributed by atoms with Crippen LogP contribution < -0.4 is 5.32 Å². The van der Waals surface area contributed by atoms with Gasteiger partial charge >= 0.3 is 5.69 Å². The highest BCUT2D eigenvalue weighted by Crippen LogP contribution is 2.19. The molecule has 0 bridgehead atoms. The third-order valence-corrected chi connectivity index (χ3v) is 2.15. The average Bonchev–Trinajstić information content (AvgIpc) is 2.77. The van der Waals surface area contributed by atoms with E-state index in [0.717, 1.165) is 6.20 Å². The minimum atomic E-state index is -0.707. The molecule has 0 spiro atoms. The van der Waals surface area contributed by atoms with E-state index in [1.807, 2.05) is 0 Å². The molecule has 1 amide bonds. The van der Waals surface area contributed by atoms with Gasteiger partial charge in [0.25, 0.3) is 5.91 Å². The topological polar surface area (TPSA) is 121 Å². The number of amides is 1. The lowest BCUT2D eigenvalue weighted by Crippen LogP contribution is -2.14. The smallest absolute Gasteiger partial charge is 0.319 e. The van der Waals surface area contributed by atoms with Crippen molar-refractivity contribution in [1.29, 1.82) is 0 Å². The number of rotatable bonds is 3. The number of benzene rings is 1. The maximum Gasteiger partial charge on any atom is 0.319 e. The van der Waals surface area contributed by atoms with Crippen molar-refractivity contribution in [2.75, 3.05) is 5.32 Å². The summed E-state index contributed by atoms with van der Waals surface area (Å²) in [5.74, 6) is -0.725. The van der Waals surface area contributed by atoms with Gasteiger partial charge in [-0.25, -0.2) is 0 Å². The zero-order chi connectivity index (χ0) is 13.1. The molecule has 0 aliphatic heterocycles. The number of carbonyl (C=O) groups is 1. The van der Waals surface area contributed by atoms with Crippen molar-refractivity contribution in [3.63, 3.8) is 0 Å². The van der Waals surface area contributed by atoms with Crippen LogP contribution in [0.2, 0.25) is 0 Å². The summed E-state index contributed by atoms with van der Waals surface area (Å²) in [5.41, 5.74) is -0.333. The average molecular weight is 248 g/mol. The fourth-order valence-corrected chi connectivity index (χ4v) is 1.36. The van der Waals surface area contributed by atoms with Crippen molar-refractivity contribution in [2.24, 2.45) is 0 Å². The predicted molar refractivity (Wildman–Crippen MR) is 61.3 cm³/mol. The van der Waals surface area contributed by atoms with Crippen LogP contribution in [0.1, 0.15) is 10.5 Å². The van der Waals surface area contributed by atoms with E-state index in [1.165, 1.54) is 18.2 Å². The highest BCUT2D eigenvalue weighted by molar-refractivity contribution is 6.05. The molecule has 1 aromatic heterocycles. The first-order valence-corrected chi connectivity index (χ1v) is 4.86. The van der Waals surface area contributed by atoms with Gasteiger partial charge in [0.1, 0.15) is 11.9 Å². The monoisotopic (exact) mass is 248 g/mol. The summed E-state index contributed by atoms with van der Waals surface area (Å²) in [5, 5.41) is 27.9. The lowest BCUT2D eigenvalue weighted by molar-refractivity contribution is -0.385. The molecule has 1 aromatic carbocycles. The number of aromatic amines is 1. The Bertz CT molecular complexity index is 607. The third kappa shape index (κ3) is 2.26. The lowest BCUT2D eigenvalue weighted by Gasteiger charge is -2.03. The summed E-state index contributed by atoms with van der Waals surface area (Å²) in [6, 6.07) is 5.83. The highest BCUT2D eigenvalue weighted by atomic mass is 16.6. The van der Waals surface area contributed by atoms with Gasteiger partial charge < -0.3 is 10.4 Å². The Morgan fingerprint density at radius 2 is 2.28 bits per heavy atom. The zero-order valence-corrected chi connectivity index (χ0v) is 8.95. The van der Waals surface area contributed by atoms with Crippen LogP contribution in [0.25, 0.3) is 0 Å². The first-order valence-electron chi connectivity index (χ1n) is 4.86. The first kappa shape index (κ1) is 11.6. The van der Waals surface area contributed by atoms with Crippen LogP contribution >= 0.6 is 0 Å². The summed E-state index contributed by atoms with van der Waals surface area (Å²) >= 11 is 0. The van der Waals surface area contributed by atoms with Crippen molar-refractivity contribution in [1.82, 2.24) is 10.2 Å². The molecular weight excluding hydrogens is 240 g/mol. The van der Waals surface area contributed by atoms with E-state index < -0.39 is 16.5 Å². The highest BCUT2D eigenvalue weighted by Gasteiger charge is 2.22. The minimum absolute atomic E-state index is 0.0214. The largest absolute Gasteiger partial charge is 0.508 e. The first-order chi connectivity index (χ1) is 8.58. The van der Waals surface area contributed by atoms with E-state index in [-0.39, 0.29) is 11.4 Å². The Labute approximate surface area is 100 Å². The summed E-state index contributed by atoms with van der Waals surface area (Å²) in [6.45, 7) is 0. The molecule has 2 rings (SSSR count). The molecule has 0 unspecified atom stereocenters. The molecule has 0 atom stereocenters. The molecule has 8 nitrogen and oxygen atoms in total. The second-order valence-corrected chi connectivity index (χ2v) is 3.39. The fraction of sp³-hybridized carbons (Fsp3) is 0. The number of nitrogens with one attached hydrogen (secondary N) is 2. The van der Waals surface area contributed by atoms with Gasteiger partial charge in [-0.1, -0.05) is 6.07 Å². The summed E-state index contributed by atoms with van der Waals surface area (Å²) in [7, 11) is 0. The standard InChI is InChI=1S/C10H8N4O4/c15-7-3-1-2-6(4-7)12-10(16)9-8(14(17)18)5-11-13-9/h1-5,15H,(H,11,13)(H,12,16). The molecule has 3 N–H and O–H groups in total. The number of carbonyl (C=O) groups excluding carboxylic acids is 1. The molecule has 2 aromatic rings. The number of H-pyrrole nitrogens is 1. The number of nitrogens with zero attached hydrogens (tertiary/aromatic N) is 2. The van der Waals surface area contributed by atoms with Crippen LogP contribution in [0.15, 0.2) is 30.5 Å². The molecule has 0 fully saturated rings. The molecule has 92 valence electrons. The maximum absolute atomic E-state index is 11.7. The molecule has 0 aliphatic carbocycles. The third-order valence-electron chi connectivity index (χ3n) is 2.15. The SMILES string of the molecule is O=C(Nc1cccc(O)c1)c1[nH]ncc1[N+](=O)[O-]. The van der Waals surface area contributed by atoms with Crippen LogP contribution in [0.5, 0.6) is 5.75 Å². The van der Waals surface area contributed by atoms with Gasteiger partial charge in [-0.3, -0.25) is 20.0 Å². The fourth-order valence-electron chi connectivity index (χ4n) is 1.36. The quantitative estimate of drug-likeness (QED) is 0.557. The number of phenolic OH excluding ortho intramolecular Hbond substituents is 1. The molecule has 0 radical (unpaired) electrons. The number of aromatic hydroxyl groups is 1. The molecule has 0 saturated carbocycles. The van der Waals surface area contributed by atoms with E-state index in [2.05, 4.69) is 15.5 Å². The van der Waals surface area contributed by atoms with E-state index in [9.17, 15) is 20.0 Å². The Hall–Kier alpha value is -2.90. The second-order valence-electron chi connectivity index (χ2n) is 3.39. The Morgan fingerprint density at radius 1 is 1.50 bits per heavy atom. The Morgan fingerprint density at radius 3 is 2.94 bits per heavy atom. The van der Waals surface area contributed by atoms with Gasteiger partial charge in [-0.2, -0.15) is 5.10 Å². The van der Waals surface area contributed by atoms with E-state index >= 15 is 0 Å². The number of aromatic nitrogens is 2. The van der Waals surface area contributed by atoms with Gasteiger partial charge in [-0.05, 0) is 12.1 Å². The van der Waals surface area contributed by atoms with Crippen LogP contribution in [-0.4, -0.2) is 26.1 Å². The molecule has 8 heteroatoms. The van der Waals surface area contributed by atoms with Crippen LogP contribution in [0, 0.1) is 10.1 Å². The van der Waals surface area contributed by atoms with Crippen LogP contribution in [0.4, 0.5) is 11.4 Å². The van der Waals surface area contributed by atoms with Gasteiger partial charge in [-0.15, -0.1) is 0 Å². The molecular formula is C10H8N4O4. The van der Waals surface area contributed by atoms with Crippen molar-refractivity contribution < 1.29 is 14.8 Å². The van der Waals surface area contributed by atoms with Crippen molar-refractivity contribution in [3.8, 4) is 5.75 Å². The second kappa shape index (κ2) is 4.53. The lowest BCUT2D eigenvalue weighted by atomic mass is 10.3. The Kier molecular flexibility index (Phi) is 2.92. The van der Waals surface area contributed by atoms with Gasteiger partial charge in [0.15, 0.2) is 0 Å². The normalized spacial score (nSPS) is 10.0. The summed E-state index contributed by atoms with van der Waals surface area (Å²) in [6.07, 6.45) is 0.956. The number of phenols is 1. The number of nitro groups is 1. The number of hydrogen-bond donors (Lipinski definition) is 3. The van der Waals surface area contributed by atoms with Crippen LogP contribution in [0.3, 0.4) is 0 Å². The molecule has 0 saturated heterocycles. The maximum atomic E-state index is 11.7. The molecule has 1 heterocycles. The zero-order valence-electron chi connectivity index (χ0n) is 8.95. The predicted octanol–water partition coefficient (Wildman–Crippen LogP) is 1.28. The number of hydrogen-bond acceptors (Lipinski definition) is 5. The summed E-state index contributed by atoms with van der Waals surface area (Å²) in [4.78, 5) is 21.7. The summed E-state index contributed by atoms with van der Waals surface area (Å²) < 4.78 is 0. The van der Waals surface area contributed by atoms with E-state index in [0.29, 0.717) is 5.69 Å². The van der Waals surface area contributed by atoms with Crippen LogP contribution in [-0.2, 0) is 0 Å². The van der Waals surface area contributed by atoms with Crippen molar-refractivity contribution >= 4 is 17.3 Å². The minimum Gasteiger partial charge on any atom is -0.508 e. The van der Waals surface area contributed by atoms with Crippen molar-refractivity contribution in [3.05, 3.63) is 46.3 Å². The van der Waals surface area contributed by atoms with Gasteiger partial charge in [0.2, 0.25) is 5.69 Å².